The van der Waals surface area contributed by atoms with Crippen LogP contribution in [0.1, 0.15) is 0 Å². The molecule has 0 spiro atoms. The summed E-state index contributed by atoms with van der Waals surface area (Å²) in [4.78, 5) is 73.0. The van der Waals surface area contributed by atoms with Crippen LogP contribution in [-0.4, -0.2) is 81.1 Å². The van der Waals surface area contributed by atoms with Gasteiger partial charge in [0.1, 0.15) is 36.6 Å². The molecule has 0 bridgehead atoms. The Hall–Kier alpha value is 2.00. The maximum Gasteiger partial charge on any atom is 1.00 e. The van der Waals surface area contributed by atoms with Crippen LogP contribution in [0.25, 0.3) is 0 Å². The van der Waals surface area contributed by atoms with Crippen LogP contribution < -0.4 is 56.3 Å². The van der Waals surface area contributed by atoms with Gasteiger partial charge in [0, 0.05) is 0 Å². The Morgan fingerprint density at radius 2 is 0.793 bits per heavy atom. The Kier molecular flexibility index (Phi) is 11.7. The second-order valence-corrected chi connectivity index (χ2v) is 9.93. The fourth-order valence-corrected chi connectivity index (χ4v) is 4.49. The Labute approximate surface area is 203 Å². The van der Waals surface area contributed by atoms with Crippen molar-refractivity contribution in [2.24, 2.45) is 0 Å². The van der Waals surface area contributed by atoms with Crippen molar-refractivity contribution in [1.82, 2.24) is 0 Å². The predicted octanol–water partition coefficient (Wildman–Crippen LogP) is -6.99. The number of phosphoric acid groups is 4. The molecule has 0 amide bonds. The quantitative estimate of drug-likeness (QED) is 0.102. The minimum atomic E-state index is -5.84. The molecule has 0 heterocycles. The zero-order valence-electron chi connectivity index (χ0n) is 14.0. The van der Waals surface area contributed by atoms with Crippen LogP contribution in [-0.2, 0) is 36.4 Å². The summed E-state index contributed by atoms with van der Waals surface area (Å²) in [7, 11) is -22.8. The molecule has 18 nitrogen and oxygen atoms in total. The van der Waals surface area contributed by atoms with Gasteiger partial charge in [-0.05, 0) is 0 Å². The van der Waals surface area contributed by atoms with Crippen molar-refractivity contribution in [2.75, 3.05) is 0 Å². The van der Waals surface area contributed by atoms with E-state index in [9.17, 15) is 33.4 Å². The van der Waals surface area contributed by atoms with E-state index in [1.807, 2.05) is 0 Å². The molecular weight excluding hydrogens is 523 g/mol. The molecule has 168 valence electrons. The van der Waals surface area contributed by atoms with E-state index in [0.717, 1.165) is 0 Å². The zero-order valence-corrected chi connectivity index (χ0v) is 20.7. The summed E-state index contributed by atoms with van der Waals surface area (Å²) >= 11 is 0. The van der Waals surface area contributed by atoms with Crippen molar-refractivity contribution >= 4 is 31.3 Å². The number of aliphatic hydroxyl groups is 2. The van der Waals surface area contributed by atoms with Gasteiger partial charge in [-0.25, -0.2) is 13.7 Å². The van der Waals surface area contributed by atoms with Crippen LogP contribution in [0.2, 0.25) is 0 Å². The summed E-state index contributed by atoms with van der Waals surface area (Å²) in [5, 5.41) is 19.8. The number of phosphoric ester groups is 4. The molecule has 0 aromatic heterocycles. The average Bonchev–Trinajstić information content (AvgIpc) is 2.39. The van der Waals surface area contributed by atoms with Crippen LogP contribution in [0.3, 0.4) is 0 Å². The van der Waals surface area contributed by atoms with Gasteiger partial charge in [0.15, 0.2) is 0 Å². The van der Waals surface area contributed by atoms with Crippen LogP contribution in [0.15, 0.2) is 0 Å². The molecule has 0 radical (unpaired) electrons. The van der Waals surface area contributed by atoms with Crippen LogP contribution in [0.4, 0.5) is 0 Å². The van der Waals surface area contributed by atoms with Gasteiger partial charge in [0.2, 0.25) is 0 Å². The third-order valence-corrected chi connectivity index (χ3v) is 5.09. The summed E-state index contributed by atoms with van der Waals surface area (Å²) in [5.41, 5.74) is 0. The maximum absolute atomic E-state index is 11.1. The first-order chi connectivity index (χ1) is 12.2. The Bertz CT molecular complexity index is 671. The van der Waals surface area contributed by atoms with E-state index in [1.165, 1.54) is 0 Å². The van der Waals surface area contributed by atoms with Gasteiger partial charge in [0.25, 0.3) is 7.82 Å². The molecule has 1 aliphatic rings. The number of hydrogen-bond acceptors (Lipinski definition) is 11. The molecule has 1 rings (SSSR count). The minimum absolute atomic E-state index is 0. The first-order valence-corrected chi connectivity index (χ1v) is 12.6. The molecule has 9 N–H and O–H groups in total. The number of hydrogen-bond donors (Lipinski definition) is 9. The summed E-state index contributed by atoms with van der Waals surface area (Å²) in [5.74, 6) is 0. The third-order valence-electron chi connectivity index (χ3n) is 3.03. The number of rotatable bonds is 8. The molecule has 1 unspecified atom stereocenters. The fraction of sp³-hybridized carbons (Fsp3) is 1.00. The zero-order chi connectivity index (χ0) is 22.3. The number of aliphatic hydroxyl groups excluding tert-OH is 2. The van der Waals surface area contributed by atoms with Crippen LogP contribution in [0, 0.1) is 0 Å². The van der Waals surface area contributed by atoms with Crippen LogP contribution >= 0.6 is 31.3 Å². The summed E-state index contributed by atoms with van der Waals surface area (Å²) in [6, 6.07) is 0. The monoisotopic (exact) mass is 538 g/mol. The Morgan fingerprint density at radius 1 is 0.552 bits per heavy atom. The average molecular weight is 538 g/mol. The standard InChI is InChI=1S/C6H16O18P4.K/c7-1-2(8)4(22-26(12,13)14)6(24-28(18,19)20)5(23-27(15,16)17)3(1)21-25(9,10)11;/h1-8H,(H2,9,10,11)(H2,12,13,14)(H2,15,16,17)(H2,18,19,20);/q;+1/p-1/t1-,2-,3-,4+,5-,6-;/m1./s1. The normalized spacial score (nSPS) is 33.6. The van der Waals surface area contributed by atoms with E-state index >= 15 is 0 Å². The van der Waals surface area contributed by atoms with Gasteiger partial charge in [0.05, 0.1) is 0 Å². The molecule has 1 saturated carbocycles. The van der Waals surface area contributed by atoms with Crippen molar-refractivity contribution in [2.45, 2.75) is 36.6 Å². The molecule has 0 aromatic rings. The van der Waals surface area contributed by atoms with Gasteiger partial charge < -0.3 is 53.9 Å². The van der Waals surface area contributed by atoms with E-state index in [1.54, 1.807) is 0 Å². The predicted molar refractivity (Wildman–Crippen MR) is 77.5 cm³/mol. The summed E-state index contributed by atoms with van der Waals surface area (Å²) < 4.78 is 60.3. The van der Waals surface area contributed by atoms with E-state index in [-0.39, 0.29) is 51.4 Å². The second-order valence-electron chi connectivity index (χ2n) is 5.20. The molecule has 0 aliphatic heterocycles. The van der Waals surface area contributed by atoms with E-state index in [2.05, 4.69) is 18.1 Å². The van der Waals surface area contributed by atoms with E-state index < -0.39 is 67.9 Å². The summed E-state index contributed by atoms with van der Waals surface area (Å²) in [6.07, 6.45) is -16.1. The minimum Gasteiger partial charge on any atom is -0.756 e. The molecule has 1 aliphatic carbocycles. The maximum atomic E-state index is 11.1. The smallest absolute Gasteiger partial charge is 0.756 e. The first-order valence-electron chi connectivity index (χ1n) is 6.50. The van der Waals surface area contributed by atoms with Gasteiger partial charge in [-0.15, -0.1) is 0 Å². The van der Waals surface area contributed by atoms with E-state index in [0.29, 0.717) is 0 Å². The SMILES string of the molecule is O=P([O-])(O)O[C@H]1[C@H](O)[C@@H](O)[C@@H](OP(=O)(O)O)[C@@H](OP(=O)(O)O)[C@@H]1OP(=O)(O)O.[K+]. The second kappa shape index (κ2) is 10.9. The topological polar surface area (TPSA) is 310 Å². The van der Waals surface area contributed by atoms with Crippen molar-refractivity contribution in [3.8, 4) is 0 Å². The molecule has 29 heavy (non-hydrogen) atoms. The molecule has 0 aromatic carbocycles. The summed E-state index contributed by atoms with van der Waals surface area (Å²) in [6.45, 7) is 0. The Morgan fingerprint density at radius 3 is 1.03 bits per heavy atom. The van der Waals surface area contributed by atoms with E-state index in [4.69, 9.17) is 34.3 Å². The third kappa shape index (κ3) is 11.1. The Balaban J connectivity index is 0.00000784. The van der Waals surface area contributed by atoms with Gasteiger partial charge in [-0.1, -0.05) is 0 Å². The van der Waals surface area contributed by atoms with Gasteiger partial charge >= 0.3 is 74.9 Å². The molecule has 7 atom stereocenters. The molecular formula is C6H15KO18P4. The van der Waals surface area contributed by atoms with Crippen LogP contribution in [0.5, 0.6) is 0 Å². The van der Waals surface area contributed by atoms with Gasteiger partial charge in [-0.2, -0.15) is 0 Å². The van der Waals surface area contributed by atoms with Crippen molar-refractivity contribution in [1.29, 1.82) is 0 Å². The molecule has 1 fully saturated rings. The largest absolute Gasteiger partial charge is 1.00 e. The van der Waals surface area contributed by atoms with Crippen molar-refractivity contribution in [3.63, 3.8) is 0 Å². The van der Waals surface area contributed by atoms with Gasteiger partial charge in [-0.3, -0.25) is 18.1 Å². The molecule has 23 heteroatoms. The van der Waals surface area contributed by atoms with Crippen molar-refractivity contribution < 1.29 is 137 Å². The van der Waals surface area contributed by atoms with Crippen molar-refractivity contribution in [3.05, 3.63) is 0 Å². The molecule has 0 saturated heterocycles. The first kappa shape index (κ1) is 31.0. The fourth-order valence-electron chi connectivity index (χ4n) is 2.27.